The fourth-order valence-electron chi connectivity index (χ4n) is 3.08. The minimum Gasteiger partial charge on any atom is -0.450 e. The molecule has 0 unspecified atom stereocenters. The monoisotopic (exact) mass is 392 g/mol. The Bertz CT molecular complexity index is 879. The fourth-order valence-corrected chi connectivity index (χ4v) is 4.25. The summed E-state index contributed by atoms with van der Waals surface area (Å²) in [4.78, 5) is 26.6. The standard InChI is InChI=1S/C17H18N2O3S.CH2O3/c1-10-8-22-16(18-10)14-12-6-7-21-9-13(12)23-17(14)19-15(20)11-4-2-3-5-11;2-1(3)4/h4,8H,2-3,5-7,9H2,1H3,(H,19,20);(H2,2,3,4). The van der Waals surface area contributed by atoms with Crippen LogP contribution in [0, 0.1) is 6.92 Å². The molecular formula is C18H20N2O6S. The fraction of sp³-hybridized carbons (Fsp3) is 0.389. The largest absolute Gasteiger partial charge is 0.503 e. The molecule has 2 aliphatic rings. The average Bonchev–Trinajstić information content (AvgIpc) is 3.33. The number of aryl methyl sites for hydroxylation is 1. The van der Waals surface area contributed by atoms with E-state index in [1.54, 1.807) is 17.6 Å². The van der Waals surface area contributed by atoms with Crippen LogP contribution in [0.15, 0.2) is 22.3 Å². The molecule has 0 fully saturated rings. The summed E-state index contributed by atoms with van der Waals surface area (Å²) < 4.78 is 11.2. The number of fused-ring (bicyclic) bond motifs is 1. The van der Waals surface area contributed by atoms with Gasteiger partial charge in [-0.3, -0.25) is 4.79 Å². The van der Waals surface area contributed by atoms with Crippen molar-refractivity contribution in [1.29, 1.82) is 0 Å². The zero-order valence-corrected chi connectivity index (χ0v) is 15.6. The summed E-state index contributed by atoms with van der Waals surface area (Å²) in [5.74, 6) is 0.573. The average molecular weight is 392 g/mol. The van der Waals surface area contributed by atoms with E-state index in [9.17, 15) is 4.79 Å². The van der Waals surface area contributed by atoms with Gasteiger partial charge in [-0.25, -0.2) is 9.78 Å². The molecule has 0 spiro atoms. The normalized spacial score (nSPS) is 15.4. The second-order valence-corrected chi connectivity index (χ2v) is 7.27. The first-order valence-corrected chi connectivity index (χ1v) is 9.34. The molecular weight excluding hydrogens is 372 g/mol. The lowest BCUT2D eigenvalue weighted by molar-refractivity contribution is -0.112. The number of allylic oxidation sites excluding steroid dienone is 1. The SMILES string of the molecule is Cc1coc(-c2c(NC(=O)C3=CCCC3)sc3c2CCOC3)n1.O=C(O)O. The molecule has 0 aromatic carbocycles. The summed E-state index contributed by atoms with van der Waals surface area (Å²) in [6.45, 7) is 3.18. The number of thiophene rings is 1. The van der Waals surface area contributed by atoms with Gasteiger partial charge < -0.3 is 24.7 Å². The van der Waals surface area contributed by atoms with Gasteiger partial charge in [0.25, 0.3) is 5.91 Å². The van der Waals surface area contributed by atoms with Crippen molar-refractivity contribution in [1.82, 2.24) is 4.98 Å². The van der Waals surface area contributed by atoms with E-state index in [4.69, 9.17) is 24.2 Å². The van der Waals surface area contributed by atoms with Crippen LogP contribution < -0.4 is 5.32 Å². The van der Waals surface area contributed by atoms with Crippen LogP contribution in [0.3, 0.4) is 0 Å². The first-order valence-electron chi connectivity index (χ1n) is 8.52. The maximum atomic E-state index is 12.5. The zero-order valence-electron chi connectivity index (χ0n) is 14.8. The smallest absolute Gasteiger partial charge is 0.450 e. The Hall–Kier alpha value is -2.65. The summed E-state index contributed by atoms with van der Waals surface area (Å²) in [6, 6.07) is 0. The highest BCUT2D eigenvalue weighted by molar-refractivity contribution is 7.17. The van der Waals surface area contributed by atoms with Crippen molar-refractivity contribution < 1.29 is 29.0 Å². The van der Waals surface area contributed by atoms with E-state index in [1.165, 1.54) is 5.56 Å². The Morgan fingerprint density at radius 3 is 2.70 bits per heavy atom. The number of oxazole rings is 1. The number of hydrogen-bond acceptors (Lipinski definition) is 6. The van der Waals surface area contributed by atoms with Gasteiger partial charge in [-0.15, -0.1) is 11.3 Å². The Balaban J connectivity index is 0.000000481. The first kappa shape index (κ1) is 19.1. The van der Waals surface area contributed by atoms with Crippen molar-refractivity contribution in [3.63, 3.8) is 0 Å². The second-order valence-electron chi connectivity index (χ2n) is 6.16. The predicted octanol–water partition coefficient (Wildman–Crippen LogP) is 4.06. The van der Waals surface area contributed by atoms with Gasteiger partial charge in [0.15, 0.2) is 0 Å². The van der Waals surface area contributed by atoms with Crippen molar-refractivity contribution in [3.8, 4) is 11.5 Å². The number of nitrogens with one attached hydrogen (secondary N) is 1. The molecule has 1 amide bonds. The molecule has 144 valence electrons. The van der Waals surface area contributed by atoms with Crippen molar-refractivity contribution in [3.05, 3.63) is 34.0 Å². The third kappa shape index (κ3) is 4.55. The Morgan fingerprint density at radius 1 is 1.30 bits per heavy atom. The van der Waals surface area contributed by atoms with E-state index in [2.05, 4.69) is 10.3 Å². The van der Waals surface area contributed by atoms with Crippen LogP contribution in [0.5, 0.6) is 0 Å². The summed E-state index contributed by atoms with van der Waals surface area (Å²) in [7, 11) is 0. The van der Waals surface area contributed by atoms with Crippen LogP contribution in [0.4, 0.5) is 9.80 Å². The highest BCUT2D eigenvalue weighted by Gasteiger charge is 2.26. The molecule has 0 radical (unpaired) electrons. The molecule has 3 heterocycles. The number of nitrogens with zero attached hydrogens (tertiary/aromatic N) is 1. The van der Waals surface area contributed by atoms with Crippen molar-refractivity contribution in [2.45, 2.75) is 39.2 Å². The lowest BCUT2D eigenvalue weighted by Gasteiger charge is -2.12. The number of carbonyl (C=O) groups is 2. The van der Waals surface area contributed by atoms with Gasteiger partial charge in [-0.05, 0) is 38.2 Å². The van der Waals surface area contributed by atoms with Crippen molar-refractivity contribution in [2.75, 3.05) is 11.9 Å². The summed E-state index contributed by atoms with van der Waals surface area (Å²) in [5, 5.41) is 17.8. The molecule has 2 aromatic rings. The molecule has 1 aliphatic heterocycles. The van der Waals surface area contributed by atoms with Crippen LogP contribution in [0.1, 0.15) is 35.4 Å². The Labute approximate surface area is 159 Å². The second kappa shape index (κ2) is 8.36. The number of aromatic nitrogens is 1. The molecule has 8 nitrogen and oxygen atoms in total. The van der Waals surface area contributed by atoms with Crippen LogP contribution in [0.2, 0.25) is 0 Å². The molecule has 9 heteroatoms. The number of anilines is 1. The van der Waals surface area contributed by atoms with Gasteiger partial charge in [-0.2, -0.15) is 0 Å². The molecule has 3 N–H and O–H groups in total. The van der Waals surface area contributed by atoms with E-state index < -0.39 is 6.16 Å². The van der Waals surface area contributed by atoms with Gasteiger partial charge in [-0.1, -0.05) is 6.08 Å². The number of carbonyl (C=O) groups excluding carboxylic acids is 1. The zero-order chi connectivity index (χ0) is 19.4. The molecule has 2 aromatic heterocycles. The quantitative estimate of drug-likeness (QED) is 0.720. The minimum absolute atomic E-state index is 0.00783. The first-order chi connectivity index (χ1) is 13.0. The van der Waals surface area contributed by atoms with Crippen molar-refractivity contribution >= 4 is 28.4 Å². The number of hydrogen-bond donors (Lipinski definition) is 3. The van der Waals surface area contributed by atoms with Crippen LogP contribution in [-0.4, -0.2) is 33.9 Å². The van der Waals surface area contributed by atoms with Gasteiger partial charge in [0.1, 0.15) is 11.3 Å². The van der Waals surface area contributed by atoms with Gasteiger partial charge in [0.05, 0.1) is 24.5 Å². The topological polar surface area (TPSA) is 122 Å². The van der Waals surface area contributed by atoms with Crippen LogP contribution in [-0.2, 0) is 22.6 Å². The summed E-state index contributed by atoms with van der Waals surface area (Å²) in [5.41, 5.74) is 3.83. The predicted molar refractivity (Wildman–Crippen MR) is 99.1 cm³/mol. The molecule has 0 saturated carbocycles. The highest BCUT2D eigenvalue weighted by atomic mass is 32.1. The van der Waals surface area contributed by atoms with E-state index in [0.29, 0.717) is 19.1 Å². The molecule has 4 rings (SSSR count). The minimum atomic E-state index is -1.83. The molecule has 0 saturated heterocycles. The maximum Gasteiger partial charge on any atom is 0.503 e. The Morgan fingerprint density at radius 2 is 2.07 bits per heavy atom. The molecule has 0 atom stereocenters. The molecule has 27 heavy (non-hydrogen) atoms. The number of ether oxygens (including phenoxy) is 1. The van der Waals surface area contributed by atoms with Crippen LogP contribution >= 0.6 is 11.3 Å². The van der Waals surface area contributed by atoms with Gasteiger partial charge >= 0.3 is 6.16 Å². The third-order valence-electron chi connectivity index (χ3n) is 4.21. The van der Waals surface area contributed by atoms with E-state index >= 15 is 0 Å². The van der Waals surface area contributed by atoms with Gasteiger partial charge in [0, 0.05) is 10.5 Å². The van der Waals surface area contributed by atoms with E-state index in [-0.39, 0.29) is 5.91 Å². The van der Waals surface area contributed by atoms with E-state index in [0.717, 1.165) is 52.4 Å². The Kier molecular flexibility index (Phi) is 5.92. The highest BCUT2D eigenvalue weighted by Crippen LogP contribution is 2.43. The van der Waals surface area contributed by atoms with Gasteiger partial charge in [0.2, 0.25) is 5.89 Å². The number of amides is 1. The number of carboxylic acid groups (broad SMARTS) is 2. The van der Waals surface area contributed by atoms with E-state index in [1.807, 2.05) is 13.0 Å². The number of rotatable bonds is 3. The third-order valence-corrected chi connectivity index (χ3v) is 5.33. The van der Waals surface area contributed by atoms with Crippen molar-refractivity contribution in [2.24, 2.45) is 0 Å². The summed E-state index contributed by atoms with van der Waals surface area (Å²) in [6.07, 6.45) is 5.56. The lowest BCUT2D eigenvalue weighted by atomic mass is 10.1. The maximum absolute atomic E-state index is 12.5. The molecule has 1 aliphatic carbocycles. The molecule has 0 bridgehead atoms. The van der Waals surface area contributed by atoms with Crippen LogP contribution in [0.25, 0.3) is 11.5 Å². The summed E-state index contributed by atoms with van der Waals surface area (Å²) >= 11 is 1.57. The lowest BCUT2D eigenvalue weighted by Crippen LogP contribution is -2.13.